The number of ether oxygens (including phenoxy) is 2. The van der Waals surface area contributed by atoms with Gasteiger partial charge < -0.3 is 14.8 Å². The van der Waals surface area contributed by atoms with Crippen molar-refractivity contribution in [3.8, 4) is 11.5 Å². The largest absolute Gasteiger partial charge is 0.494 e. The molecule has 2 amide bonds. The second kappa shape index (κ2) is 9.74. The summed E-state index contributed by atoms with van der Waals surface area (Å²) in [7, 11) is 0. The number of benzene rings is 3. The van der Waals surface area contributed by atoms with Gasteiger partial charge in [0.05, 0.1) is 24.5 Å². The molecule has 0 saturated heterocycles. The van der Waals surface area contributed by atoms with Crippen LogP contribution in [0.25, 0.3) is 5.57 Å². The maximum atomic E-state index is 14.5. The summed E-state index contributed by atoms with van der Waals surface area (Å²) in [6, 6.07) is 16.2. The first-order chi connectivity index (χ1) is 16.4. The van der Waals surface area contributed by atoms with Crippen molar-refractivity contribution < 1.29 is 27.8 Å². The molecule has 0 atom stereocenters. The van der Waals surface area contributed by atoms with E-state index in [-0.39, 0.29) is 17.0 Å². The molecule has 0 saturated carbocycles. The minimum Gasteiger partial charge on any atom is -0.494 e. The highest BCUT2D eigenvalue weighted by Gasteiger charge is 2.41. The zero-order chi connectivity index (χ0) is 24.2. The van der Waals surface area contributed by atoms with Crippen molar-refractivity contribution in [2.24, 2.45) is 0 Å². The van der Waals surface area contributed by atoms with Crippen molar-refractivity contribution in [2.45, 2.75) is 13.8 Å². The second-order valence-electron chi connectivity index (χ2n) is 7.33. The first-order valence-electron chi connectivity index (χ1n) is 10.7. The van der Waals surface area contributed by atoms with Crippen LogP contribution in [0.5, 0.6) is 11.5 Å². The lowest BCUT2D eigenvalue weighted by Gasteiger charge is -2.16. The van der Waals surface area contributed by atoms with Crippen LogP contribution in [0.3, 0.4) is 0 Å². The van der Waals surface area contributed by atoms with Crippen LogP contribution >= 0.6 is 0 Å². The number of nitrogens with zero attached hydrogens (tertiary/aromatic N) is 1. The van der Waals surface area contributed by atoms with Crippen molar-refractivity contribution in [3.63, 3.8) is 0 Å². The van der Waals surface area contributed by atoms with Crippen molar-refractivity contribution >= 4 is 28.8 Å². The normalized spacial score (nSPS) is 13.5. The minimum absolute atomic E-state index is 0.0259. The summed E-state index contributed by atoms with van der Waals surface area (Å²) in [4.78, 5) is 27.5. The highest BCUT2D eigenvalue weighted by molar-refractivity contribution is 6.46. The Bertz CT molecular complexity index is 1250. The van der Waals surface area contributed by atoms with Gasteiger partial charge in [0, 0.05) is 11.8 Å². The van der Waals surface area contributed by atoms with Crippen LogP contribution in [0.1, 0.15) is 19.4 Å². The van der Waals surface area contributed by atoms with Gasteiger partial charge in [0.15, 0.2) is 0 Å². The highest BCUT2D eigenvalue weighted by atomic mass is 19.1. The molecule has 34 heavy (non-hydrogen) atoms. The number of carbonyl (C=O) groups is 2. The van der Waals surface area contributed by atoms with Crippen LogP contribution in [-0.2, 0) is 9.59 Å². The topological polar surface area (TPSA) is 67.9 Å². The molecule has 1 aliphatic rings. The molecule has 0 radical (unpaired) electrons. The van der Waals surface area contributed by atoms with Crippen LogP contribution in [0.15, 0.2) is 72.4 Å². The van der Waals surface area contributed by atoms with Gasteiger partial charge in [-0.05, 0) is 67.9 Å². The molecule has 3 aromatic rings. The standard InChI is InChI=1S/C26H22F2N2O4/c1-3-33-19-10-5-16(6-11-19)23-24(29-18-8-12-20(13-9-18)34-4-2)26(32)30(25(23)31)22-14-7-17(27)15-21(22)28/h5-15,29H,3-4H2,1-2H3. The monoisotopic (exact) mass is 464 g/mol. The fourth-order valence-electron chi connectivity index (χ4n) is 3.62. The second-order valence-corrected chi connectivity index (χ2v) is 7.33. The number of amides is 2. The maximum Gasteiger partial charge on any atom is 0.282 e. The van der Waals surface area contributed by atoms with Crippen LogP contribution in [0.2, 0.25) is 0 Å². The van der Waals surface area contributed by atoms with Gasteiger partial charge in [0.25, 0.3) is 11.8 Å². The van der Waals surface area contributed by atoms with Crippen LogP contribution in [0.4, 0.5) is 20.2 Å². The quantitative estimate of drug-likeness (QED) is 0.467. The number of carbonyl (C=O) groups excluding carboxylic acids is 2. The highest BCUT2D eigenvalue weighted by Crippen LogP contribution is 2.35. The number of nitrogens with one attached hydrogen (secondary N) is 1. The third-order valence-electron chi connectivity index (χ3n) is 5.12. The first-order valence-corrected chi connectivity index (χ1v) is 10.7. The molecule has 174 valence electrons. The van der Waals surface area contributed by atoms with E-state index in [2.05, 4.69) is 5.32 Å². The minimum atomic E-state index is -1.02. The van der Waals surface area contributed by atoms with Gasteiger partial charge in [-0.3, -0.25) is 9.59 Å². The van der Waals surface area contributed by atoms with Gasteiger partial charge in [0.2, 0.25) is 0 Å². The summed E-state index contributed by atoms with van der Waals surface area (Å²) in [6.45, 7) is 4.70. The van der Waals surface area contributed by atoms with Gasteiger partial charge in [-0.2, -0.15) is 0 Å². The van der Waals surface area contributed by atoms with Crippen LogP contribution in [0, 0.1) is 11.6 Å². The third-order valence-corrected chi connectivity index (χ3v) is 5.12. The number of hydrogen-bond donors (Lipinski definition) is 1. The van der Waals surface area contributed by atoms with Crippen LogP contribution < -0.4 is 19.7 Å². The molecular formula is C26H22F2N2O4. The van der Waals surface area contributed by atoms with Crippen molar-refractivity contribution in [2.75, 3.05) is 23.4 Å². The van der Waals surface area contributed by atoms with E-state index >= 15 is 0 Å². The summed E-state index contributed by atoms with van der Waals surface area (Å²) in [5, 5.41) is 2.99. The molecule has 0 aliphatic carbocycles. The van der Waals surface area contributed by atoms with Gasteiger partial charge in [-0.25, -0.2) is 13.7 Å². The fourth-order valence-corrected chi connectivity index (χ4v) is 3.62. The molecule has 0 unspecified atom stereocenters. The Morgan fingerprint density at radius 3 is 1.94 bits per heavy atom. The first kappa shape index (κ1) is 23.0. The van der Waals surface area contributed by atoms with Crippen molar-refractivity contribution in [3.05, 3.63) is 89.6 Å². The number of imide groups is 1. The Hall–Kier alpha value is -4.20. The van der Waals surface area contributed by atoms with E-state index in [1.807, 2.05) is 13.8 Å². The van der Waals surface area contributed by atoms with Gasteiger partial charge in [-0.15, -0.1) is 0 Å². The lowest BCUT2D eigenvalue weighted by atomic mass is 10.0. The zero-order valence-electron chi connectivity index (χ0n) is 18.6. The molecular weight excluding hydrogens is 442 g/mol. The number of anilines is 2. The van der Waals surface area contributed by atoms with E-state index in [9.17, 15) is 18.4 Å². The molecule has 0 aromatic heterocycles. The molecule has 0 fully saturated rings. The Labute approximate surface area is 195 Å². The average Bonchev–Trinajstić information content (AvgIpc) is 3.06. The molecule has 8 heteroatoms. The lowest BCUT2D eigenvalue weighted by Crippen LogP contribution is -2.33. The number of halogens is 2. The van der Waals surface area contributed by atoms with Gasteiger partial charge in [0.1, 0.15) is 28.8 Å². The Balaban J connectivity index is 1.76. The molecule has 0 spiro atoms. The van der Waals surface area contributed by atoms with Gasteiger partial charge >= 0.3 is 0 Å². The summed E-state index contributed by atoms with van der Waals surface area (Å²) in [5.74, 6) is -2.06. The summed E-state index contributed by atoms with van der Waals surface area (Å²) >= 11 is 0. The fraction of sp³-hybridized carbons (Fsp3) is 0.154. The van der Waals surface area contributed by atoms with E-state index < -0.39 is 23.4 Å². The Morgan fingerprint density at radius 1 is 0.794 bits per heavy atom. The molecule has 1 aliphatic heterocycles. The molecule has 6 nitrogen and oxygen atoms in total. The zero-order valence-corrected chi connectivity index (χ0v) is 18.6. The van der Waals surface area contributed by atoms with E-state index in [4.69, 9.17) is 9.47 Å². The molecule has 1 N–H and O–H groups in total. The van der Waals surface area contributed by atoms with Crippen LogP contribution in [-0.4, -0.2) is 25.0 Å². The molecule has 1 heterocycles. The van der Waals surface area contributed by atoms with E-state index in [0.717, 1.165) is 12.1 Å². The SMILES string of the molecule is CCOc1ccc(NC2=C(c3ccc(OCC)cc3)C(=O)N(c3ccc(F)cc3F)C2=O)cc1. The maximum absolute atomic E-state index is 14.5. The Kier molecular flexibility index (Phi) is 6.58. The predicted molar refractivity (Wildman–Crippen MR) is 125 cm³/mol. The lowest BCUT2D eigenvalue weighted by molar-refractivity contribution is -0.120. The summed E-state index contributed by atoms with van der Waals surface area (Å²) in [5.41, 5.74) is 0.681. The predicted octanol–water partition coefficient (Wildman–Crippen LogP) is 5.16. The van der Waals surface area contributed by atoms with E-state index in [1.165, 1.54) is 0 Å². The molecule has 0 bridgehead atoms. The van der Waals surface area contributed by atoms with E-state index in [1.54, 1.807) is 48.5 Å². The number of hydrogen-bond acceptors (Lipinski definition) is 5. The van der Waals surface area contributed by atoms with Crippen molar-refractivity contribution in [1.82, 2.24) is 0 Å². The number of rotatable bonds is 8. The summed E-state index contributed by atoms with van der Waals surface area (Å²) in [6.07, 6.45) is 0. The van der Waals surface area contributed by atoms with Gasteiger partial charge in [-0.1, -0.05) is 12.1 Å². The van der Waals surface area contributed by atoms with E-state index in [0.29, 0.717) is 46.9 Å². The summed E-state index contributed by atoms with van der Waals surface area (Å²) < 4.78 is 38.9. The third kappa shape index (κ3) is 4.47. The average molecular weight is 464 g/mol. The van der Waals surface area contributed by atoms with Crippen molar-refractivity contribution in [1.29, 1.82) is 0 Å². The smallest absolute Gasteiger partial charge is 0.282 e. The molecule has 4 rings (SSSR count). The molecule has 3 aromatic carbocycles. The Morgan fingerprint density at radius 2 is 1.38 bits per heavy atom.